The molecule has 0 aliphatic rings. The van der Waals surface area contributed by atoms with Gasteiger partial charge in [0, 0.05) is 18.6 Å². The number of hydrogen-bond acceptors (Lipinski definition) is 7. The number of aromatic nitrogens is 2. The minimum atomic E-state index is -0.310. The van der Waals surface area contributed by atoms with E-state index in [0.717, 1.165) is 0 Å². The molecule has 1 aromatic heterocycles. The van der Waals surface area contributed by atoms with Crippen molar-refractivity contribution in [2.75, 3.05) is 19.1 Å². The number of aliphatic hydroxyl groups is 1. The third-order valence-electron chi connectivity index (χ3n) is 3.17. The van der Waals surface area contributed by atoms with Crippen LogP contribution in [-0.4, -0.2) is 40.1 Å². The number of nitrogens with zero attached hydrogens (tertiary/aromatic N) is 2. The van der Waals surface area contributed by atoms with Gasteiger partial charge in [-0.05, 0) is 30.7 Å². The molecule has 4 N–H and O–H groups in total. The minimum Gasteiger partial charge on any atom is -0.504 e. The molecule has 8 nitrogen and oxygen atoms in total. The number of phenolic OH excluding ortho intramolecular Hbond substituents is 1. The first kappa shape index (κ1) is 16.5. The van der Waals surface area contributed by atoms with E-state index in [0.29, 0.717) is 22.6 Å². The Kier molecular flexibility index (Phi) is 5.32. The Morgan fingerprint density at radius 3 is 2.91 bits per heavy atom. The van der Waals surface area contributed by atoms with E-state index in [1.807, 2.05) is 0 Å². The highest BCUT2D eigenvalue weighted by molar-refractivity contribution is 5.81. The van der Waals surface area contributed by atoms with Crippen LogP contribution in [0.2, 0.25) is 0 Å². The molecular weight excluding hydrogens is 300 g/mol. The van der Waals surface area contributed by atoms with Crippen LogP contribution in [0.1, 0.15) is 16.8 Å². The van der Waals surface area contributed by atoms with E-state index in [2.05, 4.69) is 20.5 Å². The zero-order chi connectivity index (χ0) is 16.8. The van der Waals surface area contributed by atoms with E-state index in [9.17, 15) is 9.90 Å². The molecule has 1 heterocycles. The first-order valence-electron chi connectivity index (χ1n) is 6.92. The van der Waals surface area contributed by atoms with Crippen molar-refractivity contribution in [3.63, 3.8) is 0 Å². The molecule has 2 aromatic rings. The number of aromatic amines is 1. The second kappa shape index (κ2) is 7.41. The summed E-state index contributed by atoms with van der Waals surface area (Å²) in [5, 5.41) is 22.4. The summed E-state index contributed by atoms with van der Waals surface area (Å²) in [5.41, 5.74) is 4.00. The zero-order valence-corrected chi connectivity index (χ0v) is 12.8. The van der Waals surface area contributed by atoms with Crippen molar-refractivity contribution in [2.45, 2.75) is 13.3 Å². The van der Waals surface area contributed by atoms with Crippen LogP contribution in [0.15, 0.2) is 28.1 Å². The molecule has 0 bridgehead atoms. The molecule has 0 atom stereocenters. The third kappa shape index (κ3) is 4.07. The fourth-order valence-electron chi connectivity index (χ4n) is 2.01. The van der Waals surface area contributed by atoms with Gasteiger partial charge in [-0.1, -0.05) is 0 Å². The van der Waals surface area contributed by atoms with Gasteiger partial charge in [0.2, 0.25) is 5.95 Å². The van der Waals surface area contributed by atoms with E-state index in [1.165, 1.54) is 19.4 Å². The summed E-state index contributed by atoms with van der Waals surface area (Å²) in [4.78, 5) is 18.6. The van der Waals surface area contributed by atoms with Gasteiger partial charge in [-0.3, -0.25) is 9.78 Å². The Morgan fingerprint density at radius 1 is 1.48 bits per heavy atom. The second-order valence-electron chi connectivity index (χ2n) is 4.75. The van der Waals surface area contributed by atoms with Crippen LogP contribution in [-0.2, 0) is 6.42 Å². The molecule has 8 heteroatoms. The molecule has 2 rings (SSSR count). The van der Waals surface area contributed by atoms with E-state index < -0.39 is 0 Å². The van der Waals surface area contributed by atoms with Crippen LogP contribution in [0.3, 0.4) is 0 Å². The van der Waals surface area contributed by atoms with Gasteiger partial charge in [0.05, 0.1) is 19.0 Å². The molecule has 0 saturated carbocycles. The highest BCUT2D eigenvalue weighted by atomic mass is 16.5. The van der Waals surface area contributed by atoms with Gasteiger partial charge in [-0.25, -0.2) is 10.4 Å². The predicted octanol–water partition coefficient (Wildman–Crippen LogP) is 0.773. The molecule has 23 heavy (non-hydrogen) atoms. The average Bonchev–Trinajstić information content (AvgIpc) is 2.52. The average molecular weight is 318 g/mol. The topological polar surface area (TPSA) is 120 Å². The number of benzene rings is 1. The van der Waals surface area contributed by atoms with Crippen LogP contribution in [0.5, 0.6) is 11.5 Å². The number of hydrazone groups is 1. The molecule has 1 aromatic carbocycles. The number of hydrogen-bond donors (Lipinski definition) is 4. The Hall–Kier alpha value is -2.87. The lowest BCUT2D eigenvalue weighted by Crippen LogP contribution is -2.19. The molecule has 0 radical (unpaired) electrons. The number of nitrogens with one attached hydrogen (secondary N) is 2. The molecular formula is C15H18N4O4. The fraction of sp³-hybridized carbons (Fsp3) is 0.267. The van der Waals surface area contributed by atoms with Crippen molar-refractivity contribution in [3.05, 3.63) is 45.4 Å². The summed E-state index contributed by atoms with van der Waals surface area (Å²) in [6.07, 6.45) is 1.75. The Labute approximate surface area is 132 Å². The van der Waals surface area contributed by atoms with Crippen LogP contribution in [0.25, 0.3) is 0 Å². The first-order chi connectivity index (χ1) is 11.0. The highest BCUT2D eigenvalue weighted by Crippen LogP contribution is 2.25. The molecule has 0 aliphatic carbocycles. The van der Waals surface area contributed by atoms with Gasteiger partial charge < -0.3 is 14.9 Å². The number of anilines is 1. The third-order valence-corrected chi connectivity index (χ3v) is 3.17. The summed E-state index contributed by atoms with van der Waals surface area (Å²) in [5.74, 6) is 0.583. The lowest BCUT2D eigenvalue weighted by atomic mass is 10.2. The van der Waals surface area contributed by atoms with Gasteiger partial charge in [-0.15, -0.1) is 0 Å². The molecule has 0 saturated heterocycles. The molecule has 0 amide bonds. The second-order valence-corrected chi connectivity index (χ2v) is 4.75. The van der Waals surface area contributed by atoms with Crippen molar-refractivity contribution >= 4 is 12.2 Å². The number of phenols is 1. The lowest BCUT2D eigenvalue weighted by molar-refractivity contribution is 0.298. The first-order valence-corrected chi connectivity index (χ1v) is 6.92. The van der Waals surface area contributed by atoms with E-state index in [-0.39, 0.29) is 30.3 Å². The molecule has 0 unspecified atom stereocenters. The molecule has 0 spiro atoms. The van der Waals surface area contributed by atoms with Gasteiger partial charge in [0.1, 0.15) is 0 Å². The predicted molar refractivity (Wildman–Crippen MR) is 86.3 cm³/mol. The standard InChI is InChI=1S/C15H18N4O4/c1-9-11(5-6-20)14(22)18-15(17-9)19-16-8-10-3-4-12(21)13(7-10)23-2/h3-4,7-8,20-21H,5-6H2,1-2H3,(H2,17,18,19,22)/b16-8-. The number of aliphatic hydroxyl groups excluding tert-OH is 1. The number of methoxy groups -OCH3 is 1. The molecule has 0 fully saturated rings. The smallest absolute Gasteiger partial charge is 0.255 e. The monoisotopic (exact) mass is 318 g/mol. The van der Waals surface area contributed by atoms with Gasteiger partial charge in [0.25, 0.3) is 5.56 Å². The van der Waals surface area contributed by atoms with Gasteiger partial charge in [0.15, 0.2) is 11.5 Å². The van der Waals surface area contributed by atoms with Gasteiger partial charge >= 0.3 is 0 Å². The maximum Gasteiger partial charge on any atom is 0.255 e. The highest BCUT2D eigenvalue weighted by Gasteiger charge is 2.07. The van der Waals surface area contributed by atoms with Crippen LogP contribution in [0.4, 0.5) is 5.95 Å². The van der Waals surface area contributed by atoms with E-state index >= 15 is 0 Å². The Bertz CT molecular complexity index is 771. The summed E-state index contributed by atoms with van der Waals surface area (Å²) in [7, 11) is 1.46. The largest absolute Gasteiger partial charge is 0.504 e. The molecule has 122 valence electrons. The molecule has 0 aliphatic heterocycles. The number of H-pyrrole nitrogens is 1. The summed E-state index contributed by atoms with van der Waals surface area (Å²) in [6, 6.07) is 4.77. The Morgan fingerprint density at radius 2 is 2.26 bits per heavy atom. The van der Waals surface area contributed by atoms with Gasteiger partial charge in [-0.2, -0.15) is 5.10 Å². The van der Waals surface area contributed by atoms with E-state index in [1.54, 1.807) is 19.1 Å². The Balaban J connectivity index is 2.13. The van der Waals surface area contributed by atoms with Crippen molar-refractivity contribution in [1.82, 2.24) is 9.97 Å². The number of ether oxygens (including phenoxy) is 1. The normalized spacial score (nSPS) is 10.9. The maximum absolute atomic E-state index is 11.9. The lowest BCUT2D eigenvalue weighted by Gasteiger charge is -2.05. The summed E-state index contributed by atoms with van der Waals surface area (Å²) in [6.45, 7) is 1.58. The zero-order valence-electron chi connectivity index (χ0n) is 12.8. The van der Waals surface area contributed by atoms with Crippen molar-refractivity contribution in [1.29, 1.82) is 0 Å². The van der Waals surface area contributed by atoms with Crippen molar-refractivity contribution in [2.24, 2.45) is 5.10 Å². The fourth-order valence-corrected chi connectivity index (χ4v) is 2.01. The SMILES string of the molecule is COc1cc(/C=N\Nc2nc(C)c(CCO)c(=O)[nH]2)ccc1O. The summed E-state index contributed by atoms with van der Waals surface area (Å²) < 4.78 is 5.01. The maximum atomic E-state index is 11.9. The quantitative estimate of drug-likeness (QED) is 0.461. The number of aromatic hydroxyl groups is 1. The number of rotatable bonds is 6. The summed E-state index contributed by atoms with van der Waals surface area (Å²) >= 11 is 0. The van der Waals surface area contributed by atoms with Crippen LogP contribution < -0.4 is 15.7 Å². The number of aryl methyl sites for hydroxylation is 1. The minimum absolute atomic E-state index is 0.0405. The van der Waals surface area contributed by atoms with Crippen molar-refractivity contribution < 1.29 is 14.9 Å². The van der Waals surface area contributed by atoms with Crippen molar-refractivity contribution in [3.8, 4) is 11.5 Å². The van der Waals surface area contributed by atoms with Crippen LogP contribution in [0, 0.1) is 6.92 Å². The van der Waals surface area contributed by atoms with E-state index in [4.69, 9.17) is 9.84 Å². The van der Waals surface area contributed by atoms with Crippen LogP contribution >= 0.6 is 0 Å².